The van der Waals surface area contributed by atoms with Gasteiger partial charge in [-0.1, -0.05) is 146 Å². The van der Waals surface area contributed by atoms with E-state index in [-0.39, 0.29) is 0 Å². The summed E-state index contributed by atoms with van der Waals surface area (Å²) in [6, 6.07) is 65.1. The first-order valence-electron chi connectivity index (χ1n) is 19.3. The van der Waals surface area contributed by atoms with Gasteiger partial charge in [0.25, 0.3) is 0 Å². The second-order valence-corrected chi connectivity index (χ2v) is 14.3. The molecule has 7 aromatic carbocycles. The van der Waals surface area contributed by atoms with Gasteiger partial charge in [0.15, 0.2) is 5.75 Å². The van der Waals surface area contributed by atoms with Gasteiger partial charge in [-0.05, 0) is 95.6 Å². The van der Waals surface area contributed by atoms with Crippen molar-refractivity contribution in [3.8, 4) is 28.0 Å². The minimum Gasteiger partial charge on any atom is -0.458 e. The number of benzene rings is 7. The topological polar surface area (TPSA) is 15.7 Å². The van der Waals surface area contributed by atoms with Gasteiger partial charge >= 0.3 is 0 Å². The van der Waals surface area contributed by atoms with E-state index in [1.807, 2.05) is 0 Å². The summed E-state index contributed by atoms with van der Waals surface area (Å²) in [7, 11) is 0. The van der Waals surface area contributed by atoms with Crippen LogP contribution in [0, 0.1) is 0 Å². The maximum Gasteiger partial charge on any atom is 0.158 e. The standard InChI is InChI=1S/C52H40N2O/c1-5-15-37(16-6-1)39-27-31-43(32-28-39)53(44-33-29-40(30-34-44)38-17-7-2-8-18-38)48-35-36-50-51-45(23-13-25-47(48)51)46-24-14-26-49(52(46)55-50)54(41-19-9-3-10-20-41)42-21-11-4-12-22-42/h1-29,31-33H,30,34-36H2. The van der Waals surface area contributed by atoms with Crippen molar-refractivity contribution in [2.24, 2.45) is 0 Å². The van der Waals surface area contributed by atoms with E-state index in [0.717, 1.165) is 59.8 Å². The Balaban J connectivity index is 1.13. The molecule has 3 heteroatoms. The van der Waals surface area contributed by atoms with E-state index in [1.54, 1.807) is 0 Å². The molecule has 55 heavy (non-hydrogen) atoms. The number of allylic oxidation sites excluding steroid dienone is 4. The Hall–Kier alpha value is -6.84. The molecule has 0 saturated carbocycles. The number of nitrogens with zero attached hydrogens (tertiary/aromatic N) is 2. The minimum absolute atomic E-state index is 0.806. The molecule has 0 unspecified atom stereocenters. The lowest BCUT2D eigenvalue weighted by molar-refractivity contribution is 0.481. The summed E-state index contributed by atoms with van der Waals surface area (Å²) in [5.41, 5.74) is 14.5. The maximum absolute atomic E-state index is 7.12. The third-order valence-corrected chi connectivity index (χ3v) is 11.1. The molecular formula is C52H40N2O. The summed E-state index contributed by atoms with van der Waals surface area (Å²) in [4.78, 5) is 4.85. The molecule has 1 aliphatic heterocycles. The van der Waals surface area contributed by atoms with Crippen molar-refractivity contribution >= 4 is 39.8 Å². The molecule has 0 N–H and O–H groups in total. The van der Waals surface area contributed by atoms with Gasteiger partial charge in [0.2, 0.25) is 0 Å². The van der Waals surface area contributed by atoms with E-state index in [9.17, 15) is 0 Å². The van der Waals surface area contributed by atoms with Crippen LogP contribution in [0.4, 0.5) is 22.7 Å². The highest BCUT2D eigenvalue weighted by atomic mass is 16.5. The number of fused-ring (bicyclic) bond motifs is 2. The molecule has 2 aliphatic carbocycles. The molecule has 0 bridgehead atoms. The molecule has 3 aliphatic rings. The van der Waals surface area contributed by atoms with Crippen LogP contribution in [0.25, 0.3) is 39.3 Å². The molecule has 0 fully saturated rings. The van der Waals surface area contributed by atoms with Gasteiger partial charge < -0.3 is 14.5 Å². The SMILES string of the molecule is C1=C(c2ccccc2)CCC(N(C2=c3cccc4c3=C(CC2)Oc2c-4cccc2N(c2ccccc2)c2ccccc2)c2ccc(-c3ccccc3)cc2)=C1. The minimum atomic E-state index is 0.806. The van der Waals surface area contributed by atoms with E-state index in [4.69, 9.17) is 4.74 Å². The smallest absolute Gasteiger partial charge is 0.158 e. The first-order valence-corrected chi connectivity index (χ1v) is 19.3. The molecule has 7 aromatic rings. The summed E-state index contributed by atoms with van der Waals surface area (Å²) >= 11 is 0. The average Bonchev–Trinajstić information content (AvgIpc) is 3.27. The Kier molecular flexibility index (Phi) is 8.46. The van der Waals surface area contributed by atoms with Crippen molar-refractivity contribution in [3.63, 3.8) is 0 Å². The summed E-state index contributed by atoms with van der Waals surface area (Å²) < 4.78 is 7.12. The van der Waals surface area contributed by atoms with Crippen molar-refractivity contribution < 1.29 is 4.74 Å². The lowest BCUT2D eigenvalue weighted by Gasteiger charge is -2.35. The van der Waals surface area contributed by atoms with Crippen molar-refractivity contribution in [3.05, 3.63) is 216 Å². The highest BCUT2D eigenvalue weighted by Crippen LogP contribution is 2.47. The number of rotatable bonds is 8. The van der Waals surface area contributed by atoms with Crippen molar-refractivity contribution in [1.82, 2.24) is 0 Å². The van der Waals surface area contributed by atoms with E-state index < -0.39 is 0 Å². The van der Waals surface area contributed by atoms with Gasteiger partial charge in [0.1, 0.15) is 5.76 Å². The van der Waals surface area contributed by atoms with Crippen molar-refractivity contribution in [1.29, 1.82) is 0 Å². The Labute approximate surface area is 322 Å². The third-order valence-electron chi connectivity index (χ3n) is 11.1. The van der Waals surface area contributed by atoms with E-state index in [2.05, 4.69) is 204 Å². The van der Waals surface area contributed by atoms with Crippen molar-refractivity contribution in [2.45, 2.75) is 25.7 Å². The Morgan fingerprint density at radius 1 is 0.400 bits per heavy atom. The Morgan fingerprint density at radius 3 is 1.64 bits per heavy atom. The molecule has 10 rings (SSSR count). The molecule has 0 amide bonds. The second kappa shape index (κ2) is 14.2. The second-order valence-electron chi connectivity index (χ2n) is 14.3. The van der Waals surface area contributed by atoms with Gasteiger partial charge in [0, 0.05) is 50.9 Å². The predicted molar refractivity (Wildman–Crippen MR) is 229 cm³/mol. The molecular weight excluding hydrogens is 669 g/mol. The third kappa shape index (κ3) is 6.04. The fourth-order valence-electron chi connectivity index (χ4n) is 8.50. The fraction of sp³-hybridized carbons (Fsp3) is 0.0769. The normalized spacial score (nSPS) is 14.2. The van der Waals surface area contributed by atoms with Crippen LogP contribution in [0.1, 0.15) is 31.2 Å². The first kappa shape index (κ1) is 32.8. The summed E-state index contributed by atoms with van der Waals surface area (Å²) in [6.07, 6.45) is 8.28. The van der Waals surface area contributed by atoms with Crippen LogP contribution in [0.5, 0.6) is 5.75 Å². The first-order chi connectivity index (χ1) is 27.3. The summed E-state index contributed by atoms with van der Waals surface area (Å²) in [6.45, 7) is 0. The van der Waals surface area contributed by atoms with Gasteiger partial charge in [0.05, 0.1) is 5.69 Å². The number of hydrogen-bond acceptors (Lipinski definition) is 3. The summed E-state index contributed by atoms with van der Waals surface area (Å²) in [5, 5.41) is 2.45. The van der Waals surface area contributed by atoms with Gasteiger partial charge in [-0.3, -0.25) is 0 Å². The van der Waals surface area contributed by atoms with E-state index >= 15 is 0 Å². The zero-order chi connectivity index (χ0) is 36.6. The average molecular weight is 709 g/mol. The maximum atomic E-state index is 7.12. The number of para-hydroxylation sites is 3. The van der Waals surface area contributed by atoms with Crippen LogP contribution < -0.4 is 25.0 Å². The molecule has 1 heterocycles. The molecule has 0 aromatic heterocycles. The lowest BCUT2D eigenvalue weighted by atomic mass is 9.90. The fourth-order valence-corrected chi connectivity index (χ4v) is 8.50. The molecule has 3 nitrogen and oxygen atoms in total. The number of ether oxygens (including phenoxy) is 1. The quantitative estimate of drug-likeness (QED) is 0.156. The number of hydrogen-bond donors (Lipinski definition) is 0. The molecule has 0 atom stereocenters. The zero-order valence-corrected chi connectivity index (χ0v) is 30.6. The van der Waals surface area contributed by atoms with Gasteiger partial charge in [-0.15, -0.1) is 0 Å². The van der Waals surface area contributed by atoms with E-state index in [1.165, 1.54) is 55.3 Å². The molecule has 0 saturated heterocycles. The Morgan fingerprint density at radius 2 is 0.982 bits per heavy atom. The zero-order valence-electron chi connectivity index (χ0n) is 30.6. The van der Waals surface area contributed by atoms with Crippen LogP contribution in [0.15, 0.2) is 200 Å². The summed E-state index contributed by atoms with van der Waals surface area (Å²) in [5.74, 6) is 1.94. The molecule has 0 spiro atoms. The highest BCUT2D eigenvalue weighted by molar-refractivity contribution is 5.90. The van der Waals surface area contributed by atoms with Gasteiger partial charge in [-0.2, -0.15) is 0 Å². The predicted octanol–water partition coefficient (Wildman–Crippen LogP) is 12.2. The largest absolute Gasteiger partial charge is 0.458 e. The van der Waals surface area contributed by atoms with Gasteiger partial charge in [-0.25, -0.2) is 0 Å². The molecule has 0 radical (unpaired) electrons. The monoisotopic (exact) mass is 708 g/mol. The van der Waals surface area contributed by atoms with Crippen molar-refractivity contribution in [2.75, 3.05) is 9.80 Å². The lowest BCUT2D eigenvalue weighted by Crippen LogP contribution is -2.41. The number of anilines is 4. The van der Waals surface area contributed by atoms with Crippen LogP contribution in [0.3, 0.4) is 0 Å². The Bertz CT molecular complexity index is 2660. The van der Waals surface area contributed by atoms with Crippen LogP contribution in [0.2, 0.25) is 0 Å². The highest BCUT2D eigenvalue weighted by Gasteiger charge is 2.30. The van der Waals surface area contributed by atoms with Crippen LogP contribution in [-0.4, -0.2) is 0 Å². The van der Waals surface area contributed by atoms with E-state index in [0.29, 0.717) is 0 Å². The van der Waals surface area contributed by atoms with Crippen LogP contribution >= 0.6 is 0 Å². The van der Waals surface area contributed by atoms with Crippen LogP contribution in [-0.2, 0) is 0 Å². The molecule has 264 valence electrons.